The van der Waals surface area contributed by atoms with Crippen molar-refractivity contribution in [3.63, 3.8) is 0 Å². The fourth-order valence-electron chi connectivity index (χ4n) is 3.19. The fraction of sp³-hybridized carbons (Fsp3) is 0.409. The number of aromatic nitrogens is 2. The van der Waals surface area contributed by atoms with Crippen LogP contribution in [-0.4, -0.2) is 68.7 Å². The summed E-state index contributed by atoms with van der Waals surface area (Å²) in [4.78, 5) is 22.7. The van der Waals surface area contributed by atoms with Crippen molar-refractivity contribution in [2.75, 3.05) is 41.6 Å². The van der Waals surface area contributed by atoms with Crippen molar-refractivity contribution >= 4 is 27.5 Å². The molecule has 0 aliphatic rings. The molecule has 3 aromatic rings. The van der Waals surface area contributed by atoms with Crippen LogP contribution in [0.25, 0.3) is 10.2 Å². The van der Waals surface area contributed by atoms with Crippen molar-refractivity contribution in [3.05, 3.63) is 34.5 Å². The molecular weight excluding hydrogens is 450 g/mol. The van der Waals surface area contributed by atoms with Crippen molar-refractivity contribution in [2.24, 2.45) is 0 Å². The summed E-state index contributed by atoms with van der Waals surface area (Å²) in [6.07, 6.45) is -0.958. The number of aliphatic hydroxyl groups excluding tert-OH is 1. The standard InChI is InChI=1S/C22H27N3O7S/c1-12-17-21(31-5)24-16(11-28-2)25-22(17)33-19(12)20(27)23-9-13(26)10-32-18-14(29-3)7-6-8-15(18)30-4/h6-8,13,26H,9-11H2,1-5H3,(H,23,27). The molecule has 10 nitrogen and oxygen atoms in total. The quantitative estimate of drug-likeness (QED) is 0.429. The number of benzene rings is 1. The highest BCUT2D eigenvalue weighted by Crippen LogP contribution is 2.37. The van der Waals surface area contributed by atoms with E-state index in [1.807, 2.05) is 6.92 Å². The molecule has 0 fully saturated rings. The van der Waals surface area contributed by atoms with Crippen molar-refractivity contribution in [1.29, 1.82) is 0 Å². The van der Waals surface area contributed by atoms with E-state index >= 15 is 0 Å². The molecule has 33 heavy (non-hydrogen) atoms. The third-order valence-corrected chi connectivity index (χ3v) is 5.96. The maximum absolute atomic E-state index is 12.8. The SMILES string of the molecule is COCc1nc(OC)c2c(C)c(C(=O)NCC(O)COc3c(OC)cccc3OC)sc2n1. The van der Waals surface area contributed by atoms with E-state index in [0.29, 0.717) is 49.6 Å². The molecule has 178 valence electrons. The Balaban J connectivity index is 1.68. The topological polar surface area (TPSA) is 121 Å². The van der Waals surface area contributed by atoms with E-state index in [0.717, 1.165) is 0 Å². The molecule has 1 aromatic carbocycles. The van der Waals surface area contributed by atoms with Crippen LogP contribution < -0.4 is 24.3 Å². The molecule has 0 saturated heterocycles. The second-order valence-electron chi connectivity index (χ2n) is 6.98. The van der Waals surface area contributed by atoms with E-state index in [1.54, 1.807) is 25.3 Å². The van der Waals surface area contributed by atoms with Gasteiger partial charge in [-0.2, -0.15) is 4.98 Å². The molecule has 0 spiro atoms. The zero-order valence-electron chi connectivity index (χ0n) is 19.1. The van der Waals surface area contributed by atoms with Crippen LogP contribution in [0.1, 0.15) is 21.1 Å². The second-order valence-corrected chi connectivity index (χ2v) is 7.98. The second kappa shape index (κ2) is 11.1. The lowest BCUT2D eigenvalue weighted by Crippen LogP contribution is -2.35. The molecule has 1 amide bonds. The summed E-state index contributed by atoms with van der Waals surface area (Å²) in [5, 5.41) is 13.8. The molecule has 0 saturated carbocycles. The van der Waals surface area contributed by atoms with Gasteiger partial charge in [0.25, 0.3) is 5.91 Å². The number of para-hydroxylation sites is 1. The van der Waals surface area contributed by atoms with Gasteiger partial charge in [-0.3, -0.25) is 4.79 Å². The lowest BCUT2D eigenvalue weighted by Gasteiger charge is -2.17. The van der Waals surface area contributed by atoms with Crippen LogP contribution in [0.4, 0.5) is 0 Å². The van der Waals surface area contributed by atoms with Gasteiger partial charge in [-0.05, 0) is 24.6 Å². The molecule has 2 N–H and O–H groups in total. The zero-order chi connectivity index (χ0) is 24.0. The predicted molar refractivity (Wildman–Crippen MR) is 123 cm³/mol. The molecule has 1 atom stereocenters. The first-order valence-corrected chi connectivity index (χ1v) is 10.9. The van der Waals surface area contributed by atoms with Crippen molar-refractivity contribution < 1.29 is 33.6 Å². The van der Waals surface area contributed by atoms with Gasteiger partial charge >= 0.3 is 0 Å². The number of nitrogens with one attached hydrogen (secondary N) is 1. The zero-order valence-corrected chi connectivity index (χ0v) is 19.9. The molecular formula is C22H27N3O7S. The monoisotopic (exact) mass is 477 g/mol. The Kier molecular flexibility index (Phi) is 8.26. The molecule has 0 aliphatic heterocycles. The first-order chi connectivity index (χ1) is 15.9. The number of hydrogen-bond acceptors (Lipinski definition) is 10. The third kappa shape index (κ3) is 5.44. The van der Waals surface area contributed by atoms with Gasteiger partial charge in [0.15, 0.2) is 17.3 Å². The number of thiophene rings is 1. The number of hydrogen-bond donors (Lipinski definition) is 2. The smallest absolute Gasteiger partial charge is 0.261 e. The average Bonchev–Trinajstić information content (AvgIpc) is 3.16. The Bertz CT molecular complexity index is 1100. The summed E-state index contributed by atoms with van der Waals surface area (Å²) in [5.74, 6) is 1.86. The van der Waals surface area contributed by atoms with Gasteiger partial charge in [-0.15, -0.1) is 11.3 Å². The van der Waals surface area contributed by atoms with Gasteiger partial charge < -0.3 is 34.1 Å². The predicted octanol–water partition coefficient (Wildman–Crippen LogP) is 2.34. The number of nitrogens with zero attached hydrogens (tertiary/aromatic N) is 2. The number of carbonyl (C=O) groups excluding carboxylic acids is 1. The Morgan fingerprint density at radius 3 is 2.42 bits per heavy atom. The molecule has 1 unspecified atom stereocenters. The Hall–Kier alpha value is -3.15. The number of carbonyl (C=O) groups is 1. The lowest BCUT2D eigenvalue weighted by atomic mass is 10.2. The summed E-state index contributed by atoms with van der Waals surface area (Å²) >= 11 is 1.23. The fourth-order valence-corrected chi connectivity index (χ4v) is 4.30. The number of fused-ring (bicyclic) bond motifs is 1. The summed E-state index contributed by atoms with van der Waals surface area (Å²) in [5.41, 5.74) is 0.706. The van der Waals surface area contributed by atoms with E-state index in [1.165, 1.54) is 32.7 Å². The Morgan fingerprint density at radius 2 is 1.82 bits per heavy atom. The van der Waals surface area contributed by atoms with Gasteiger partial charge in [0.1, 0.15) is 24.1 Å². The minimum atomic E-state index is -0.958. The Morgan fingerprint density at radius 1 is 1.12 bits per heavy atom. The number of aliphatic hydroxyl groups is 1. The largest absolute Gasteiger partial charge is 0.493 e. The Labute approximate surface area is 195 Å². The molecule has 0 bridgehead atoms. The van der Waals surface area contributed by atoms with E-state index in [2.05, 4.69) is 15.3 Å². The number of ether oxygens (including phenoxy) is 5. The van der Waals surface area contributed by atoms with Crippen molar-refractivity contribution in [3.8, 4) is 23.1 Å². The molecule has 3 rings (SSSR count). The number of rotatable bonds is 11. The van der Waals surface area contributed by atoms with Crippen molar-refractivity contribution in [1.82, 2.24) is 15.3 Å². The summed E-state index contributed by atoms with van der Waals surface area (Å²) in [7, 11) is 6.10. The molecule has 11 heteroatoms. The molecule has 2 aromatic heterocycles. The number of aryl methyl sites for hydroxylation is 1. The number of amides is 1. The summed E-state index contributed by atoms with van der Waals surface area (Å²) in [6.45, 7) is 1.96. The van der Waals surface area contributed by atoms with E-state index < -0.39 is 6.10 Å². The molecule has 0 radical (unpaired) electrons. The summed E-state index contributed by atoms with van der Waals surface area (Å²) in [6, 6.07) is 5.23. The lowest BCUT2D eigenvalue weighted by molar-refractivity contribution is 0.0836. The van der Waals surface area contributed by atoms with Crippen LogP contribution >= 0.6 is 11.3 Å². The van der Waals surface area contributed by atoms with Crippen molar-refractivity contribution in [2.45, 2.75) is 19.6 Å². The summed E-state index contributed by atoms with van der Waals surface area (Å²) < 4.78 is 26.7. The molecule has 2 heterocycles. The van der Waals surface area contributed by atoms with Gasteiger partial charge in [0, 0.05) is 13.7 Å². The maximum atomic E-state index is 12.8. The average molecular weight is 478 g/mol. The highest BCUT2D eigenvalue weighted by Gasteiger charge is 2.22. The normalized spacial score (nSPS) is 11.8. The van der Waals surface area contributed by atoms with Crippen LogP contribution in [0.3, 0.4) is 0 Å². The maximum Gasteiger partial charge on any atom is 0.261 e. The van der Waals surface area contributed by atoms with E-state index in [-0.39, 0.29) is 25.7 Å². The third-order valence-electron chi connectivity index (χ3n) is 4.78. The van der Waals surface area contributed by atoms with Gasteiger partial charge in [0.2, 0.25) is 11.6 Å². The number of methoxy groups -OCH3 is 4. The first kappa shape index (κ1) is 24.5. The van der Waals surface area contributed by atoms with Crippen LogP contribution in [0.5, 0.6) is 23.1 Å². The van der Waals surface area contributed by atoms with Crippen LogP contribution in [0.15, 0.2) is 18.2 Å². The van der Waals surface area contributed by atoms with Crippen LogP contribution in [0.2, 0.25) is 0 Å². The van der Waals surface area contributed by atoms with Gasteiger partial charge in [-0.25, -0.2) is 4.98 Å². The first-order valence-electron chi connectivity index (χ1n) is 10.1. The van der Waals surface area contributed by atoms with E-state index in [9.17, 15) is 9.90 Å². The minimum absolute atomic E-state index is 0.0122. The van der Waals surface area contributed by atoms with Gasteiger partial charge in [-0.1, -0.05) is 6.07 Å². The van der Waals surface area contributed by atoms with Crippen LogP contribution in [0, 0.1) is 6.92 Å². The van der Waals surface area contributed by atoms with Gasteiger partial charge in [0.05, 0.1) is 31.6 Å². The highest BCUT2D eigenvalue weighted by atomic mass is 32.1. The minimum Gasteiger partial charge on any atom is -0.493 e. The van der Waals surface area contributed by atoms with E-state index in [4.69, 9.17) is 23.7 Å². The molecule has 0 aliphatic carbocycles. The highest BCUT2D eigenvalue weighted by molar-refractivity contribution is 7.20. The van der Waals surface area contributed by atoms with Crippen LogP contribution in [-0.2, 0) is 11.3 Å².